The predicted molar refractivity (Wildman–Crippen MR) is 88.8 cm³/mol. The molecule has 2 saturated heterocycles. The van der Waals surface area contributed by atoms with Crippen LogP contribution in [-0.4, -0.2) is 56.3 Å². The summed E-state index contributed by atoms with van der Waals surface area (Å²) < 4.78 is 11.6. The molecule has 2 fully saturated rings. The van der Waals surface area contributed by atoms with E-state index in [9.17, 15) is 4.79 Å². The van der Waals surface area contributed by atoms with Crippen LogP contribution in [0.5, 0.6) is 5.75 Å². The van der Waals surface area contributed by atoms with Gasteiger partial charge in [-0.3, -0.25) is 9.69 Å². The van der Waals surface area contributed by atoms with Crippen molar-refractivity contribution >= 4 is 17.5 Å². The number of carbonyl (C=O) groups excluding carboxylic acids is 1. The number of nitrogens with one attached hydrogen (secondary N) is 1. The zero-order chi connectivity index (χ0) is 16.2. The fourth-order valence-corrected chi connectivity index (χ4v) is 3.64. The summed E-state index contributed by atoms with van der Waals surface area (Å²) in [4.78, 5) is 14.3. The van der Waals surface area contributed by atoms with E-state index in [0.717, 1.165) is 38.3 Å². The molecule has 0 aliphatic carbocycles. The van der Waals surface area contributed by atoms with E-state index in [0.29, 0.717) is 17.7 Å². The second-order valence-electron chi connectivity index (χ2n) is 6.11. The predicted octanol–water partition coefficient (Wildman–Crippen LogP) is 1.94. The molecule has 0 bridgehead atoms. The summed E-state index contributed by atoms with van der Waals surface area (Å²) in [6.45, 7) is 2.94. The zero-order valence-corrected chi connectivity index (χ0v) is 14.1. The fourth-order valence-electron chi connectivity index (χ4n) is 3.52. The first-order valence-electron chi connectivity index (χ1n) is 8.13. The maximum Gasteiger partial charge on any atom is 0.224 e. The van der Waals surface area contributed by atoms with Crippen molar-refractivity contribution in [2.75, 3.05) is 33.4 Å². The topological polar surface area (TPSA) is 50.8 Å². The highest BCUT2D eigenvalue weighted by Gasteiger charge is 2.41. The number of ether oxygens (including phenoxy) is 2. The summed E-state index contributed by atoms with van der Waals surface area (Å²) in [6.07, 6.45) is 2.02. The quantitative estimate of drug-likeness (QED) is 0.891. The van der Waals surface area contributed by atoms with E-state index in [-0.39, 0.29) is 17.9 Å². The van der Waals surface area contributed by atoms with Crippen LogP contribution in [0, 0.1) is 5.92 Å². The third kappa shape index (κ3) is 3.97. The van der Waals surface area contributed by atoms with Crippen LogP contribution in [0.1, 0.15) is 12.8 Å². The van der Waals surface area contributed by atoms with Crippen molar-refractivity contribution in [2.45, 2.75) is 25.0 Å². The van der Waals surface area contributed by atoms with Gasteiger partial charge in [0.25, 0.3) is 0 Å². The Kier molecular flexibility index (Phi) is 5.41. The summed E-state index contributed by atoms with van der Waals surface area (Å²) in [7, 11) is 1.69. The molecule has 1 aromatic carbocycles. The summed E-state index contributed by atoms with van der Waals surface area (Å²) in [6, 6.07) is 7.78. The van der Waals surface area contributed by atoms with Crippen LogP contribution in [0.2, 0.25) is 5.02 Å². The van der Waals surface area contributed by atoms with E-state index >= 15 is 0 Å². The number of likely N-dealkylation sites (tertiary alicyclic amines) is 1. The normalized spacial score (nSPS) is 27.5. The summed E-state index contributed by atoms with van der Waals surface area (Å²) in [5.41, 5.74) is 0. The van der Waals surface area contributed by atoms with Crippen molar-refractivity contribution in [3.63, 3.8) is 0 Å². The second-order valence-corrected chi connectivity index (χ2v) is 6.55. The summed E-state index contributed by atoms with van der Waals surface area (Å²) >= 11 is 5.87. The van der Waals surface area contributed by atoms with Crippen LogP contribution < -0.4 is 10.1 Å². The molecule has 126 valence electrons. The van der Waals surface area contributed by atoms with Gasteiger partial charge >= 0.3 is 0 Å². The van der Waals surface area contributed by atoms with Crippen molar-refractivity contribution < 1.29 is 14.3 Å². The van der Waals surface area contributed by atoms with Crippen LogP contribution in [0.3, 0.4) is 0 Å². The summed E-state index contributed by atoms with van der Waals surface area (Å²) in [5.74, 6) is 0.908. The molecule has 1 N–H and O–H groups in total. The lowest BCUT2D eigenvalue weighted by molar-refractivity contribution is -0.129. The largest absolute Gasteiger partial charge is 0.492 e. The van der Waals surface area contributed by atoms with Gasteiger partial charge in [-0.25, -0.2) is 0 Å². The number of benzene rings is 1. The van der Waals surface area contributed by atoms with Gasteiger partial charge in [0.05, 0.1) is 12.0 Å². The highest BCUT2D eigenvalue weighted by Crippen LogP contribution is 2.31. The first-order chi connectivity index (χ1) is 11.2. The monoisotopic (exact) mass is 338 g/mol. The zero-order valence-electron chi connectivity index (χ0n) is 13.3. The number of piperidine rings is 1. The molecule has 23 heavy (non-hydrogen) atoms. The number of fused-ring (bicyclic) bond motifs is 1. The molecule has 0 radical (unpaired) electrons. The van der Waals surface area contributed by atoms with Gasteiger partial charge in [-0.1, -0.05) is 11.6 Å². The molecule has 2 aliphatic heterocycles. The lowest BCUT2D eigenvalue weighted by Gasteiger charge is -2.40. The number of hydrogen-bond donors (Lipinski definition) is 1. The Morgan fingerprint density at radius 1 is 1.43 bits per heavy atom. The Labute approximate surface area is 141 Å². The van der Waals surface area contributed by atoms with Crippen molar-refractivity contribution in [1.82, 2.24) is 10.2 Å². The summed E-state index contributed by atoms with van der Waals surface area (Å²) in [5, 5.41) is 3.46. The van der Waals surface area contributed by atoms with Crippen molar-refractivity contribution in [3.05, 3.63) is 29.3 Å². The van der Waals surface area contributed by atoms with Crippen LogP contribution in [0.15, 0.2) is 24.3 Å². The molecule has 1 aromatic rings. The fraction of sp³-hybridized carbons (Fsp3) is 0.588. The Morgan fingerprint density at radius 2 is 2.22 bits per heavy atom. The number of amides is 1. The third-order valence-electron chi connectivity index (χ3n) is 4.69. The van der Waals surface area contributed by atoms with Gasteiger partial charge in [-0.2, -0.15) is 0 Å². The van der Waals surface area contributed by atoms with Gasteiger partial charge in [-0.15, -0.1) is 0 Å². The van der Waals surface area contributed by atoms with Crippen molar-refractivity contribution in [1.29, 1.82) is 0 Å². The minimum absolute atomic E-state index is 0.00474. The molecule has 3 rings (SSSR count). The van der Waals surface area contributed by atoms with Crippen LogP contribution in [0.25, 0.3) is 0 Å². The molecule has 0 aromatic heterocycles. The van der Waals surface area contributed by atoms with Crippen molar-refractivity contribution in [2.24, 2.45) is 5.92 Å². The van der Waals surface area contributed by atoms with Gasteiger partial charge in [-0.05, 0) is 37.1 Å². The molecule has 3 atom stereocenters. The van der Waals surface area contributed by atoms with Crippen LogP contribution >= 0.6 is 11.6 Å². The van der Waals surface area contributed by atoms with Gasteiger partial charge < -0.3 is 14.8 Å². The number of hydrogen-bond acceptors (Lipinski definition) is 4. The van der Waals surface area contributed by atoms with E-state index in [2.05, 4.69) is 10.2 Å². The highest BCUT2D eigenvalue weighted by molar-refractivity contribution is 6.30. The van der Waals surface area contributed by atoms with E-state index in [1.165, 1.54) is 0 Å². The Hall–Kier alpha value is -1.30. The van der Waals surface area contributed by atoms with Crippen LogP contribution in [0.4, 0.5) is 0 Å². The average Bonchev–Trinajstić information content (AvgIpc) is 3.04. The minimum atomic E-state index is -0.00474. The van der Waals surface area contributed by atoms with E-state index in [1.807, 2.05) is 24.3 Å². The molecule has 0 spiro atoms. The lowest BCUT2D eigenvalue weighted by Crippen LogP contribution is -2.53. The maximum atomic E-state index is 12.0. The van der Waals surface area contributed by atoms with E-state index in [4.69, 9.17) is 21.1 Å². The standard InChI is InChI=1S/C17H23ClN2O3/c1-19-17(21)12-10-16-15(6-8-23-16)20(11-12)7-9-22-14-4-2-13(18)3-5-14/h2-5,12,15-16H,6-11H2,1H3,(H,19,21)/t12-,15+,16+/m1/s1. The highest BCUT2D eigenvalue weighted by atomic mass is 35.5. The van der Waals surface area contributed by atoms with Gasteiger partial charge in [0.2, 0.25) is 5.91 Å². The van der Waals surface area contributed by atoms with E-state index < -0.39 is 0 Å². The number of nitrogens with zero attached hydrogens (tertiary/aromatic N) is 1. The smallest absolute Gasteiger partial charge is 0.224 e. The molecular formula is C17H23ClN2O3. The molecule has 2 aliphatic rings. The first kappa shape index (κ1) is 16.6. The first-order valence-corrected chi connectivity index (χ1v) is 8.51. The Bertz CT molecular complexity index is 537. The maximum absolute atomic E-state index is 12.0. The van der Waals surface area contributed by atoms with Gasteiger partial charge in [0, 0.05) is 37.8 Å². The van der Waals surface area contributed by atoms with Gasteiger partial charge in [0.15, 0.2) is 0 Å². The van der Waals surface area contributed by atoms with Gasteiger partial charge in [0.1, 0.15) is 12.4 Å². The SMILES string of the molecule is CNC(=O)[C@@H]1C[C@@H]2OCC[C@@H]2N(CCOc2ccc(Cl)cc2)C1. The number of halogens is 1. The van der Waals surface area contributed by atoms with E-state index in [1.54, 1.807) is 7.05 Å². The molecule has 0 unspecified atom stereocenters. The molecule has 1 amide bonds. The molecule has 2 heterocycles. The molecule has 0 saturated carbocycles. The van der Waals surface area contributed by atoms with Crippen LogP contribution in [-0.2, 0) is 9.53 Å². The third-order valence-corrected chi connectivity index (χ3v) is 4.95. The number of carbonyl (C=O) groups is 1. The molecule has 5 nitrogen and oxygen atoms in total. The average molecular weight is 339 g/mol. The molecular weight excluding hydrogens is 316 g/mol. The Balaban J connectivity index is 1.56. The molecule has 6 heteroatoms. The lowest BCUT2D eigenvalue weighted by atomic mass is 9.89. The second kappa shape index (κ2) is 7.51. The Morgan fingerprint density at radius 3 is 2.96 bits per heavy atom. The minimum Gasteiger partial charge on any atom is -0.492 e. The van der Waals surface area contributed by atoms with Crippen molar-refractivity contribution in [3.8, 4) is 5.75 Å². The number of rotatable bonds is 5.